The van der Waals surface area contributed by atoms with E-state index in [1.54, 1.807) is 0 Å². The predicted octanol–water partition coefficient (Wildman–Crippen LogP) is 27.1. The molecule has 0 amide bonds. The maximum absolute atomic E-state index is 10.0. The summed E-state index contributed by atoms with van der Waals surface area (Å²) in [4.78, 5) is 23.6. The average molecular weight is 2110 g/mol. The van der Waals surface area contributed by atoms with Gasteiger partial charge >= 0.3 is 0 Å². The molecule has 11 nitrogen and oxygen atoms in total. The Morgan fingerprint density at radius 1 is 0.437 bits per heavy atom. The van der Waals surface area contributed by atoms with Gasteiger partial charge in [-0.2, -0.15) is 13.5 Å². The van der Waals surface area contributed by atoms with Gasteiger partial charge in [0.15, 0.2) is 22.5 Å². The Morgan fingerprint density at radius 3 is 1.58 bits per heavy atom. The zero-order chi connectivity index (χ0) is 90.9. The Bertz CT molecular complexity index is 8240. The van der Waals surface area contributed by atoms with E-state index in [4.69, 9.17) is 5.11 Å². The molecule has 0 saturated carbocycles. The second kappa shape index (κ2) is 37.0. The second-order valence-corrected chi connectivity index (χ2v) is 36.3. The van der Waals surface area contributed by atoms with Crippen LogP contribution in [0.15, 0.2) is 383 Å². The van der Waals surface area contributed by atoms with Crippen LogP contribution in [0.3, 0.4) is 0 Å². The molecular formula is C122H99Ir2N9O2. The molecule has 2 radical (unpaired) electrons. The SMILES string of the molecule is CC(=O)C=C(C)O.CC1(C)c2ccc[c-]c2-c2nccc3cccc1c23.CC1(C)c2ccc[c-]c2-c2nccc3cccc1c23.Cc1ccc(-c2[c-]cccc2)nc1.Cc1ccc2c(c1)c1cccc3c1c1n2c(-c2c(C)cccc2C)c[n+]1C3.[Ir].[Ir].c1ccc2c(c1)C[n+]1c-2n(-c2cccc3ccccc23)c2ccccc21.c1ccc2c(c1)C[n+]1ccn(-c3cccc4ccccc34)c1-2. The Labute approximate surface area is 814 Å². The number of imidazole rings is 3. The van der Waals surface area contributed by atoms with Crippen LogP contribution in [0.1, 0.15) is 103 Å². The molecule has 13 heteroatoms. The molecule has 0 fully saturated rings. The number of aromatic nitrogens is 9. The number of benzene rings is 15. The molecule has 135 heavy (non-hydrogen) atoms. The van der Waals surface area contributed by atoms with Gasteiger partial charge in [-0.25, -0.2) is 13.7 Å². The van der Waals surface area contributed by atoms with Gasteiger partial charge < -0.3 is 20.1 Å². The number of ketones is 1. The molecule has 0 saturated heterocycles. The van der Waals surface area contributed by atoms with E-state index in [1.165, 1.54) is 208 Å². The van der Waals surface area contributed by atoms with Crippen LogP contribution in [0.4, 0.5) is 0 Å². The van der Waals surface area contributed by atoms with Gasteiger partial charge in [0.05, 0.1) is 22.3 Å². The third kappa shape index (κ3) is 16.2. The van der Waals surface area contributed by atoms with E-state index < -0.39 is 0 Å². The van der Waals surface area contributed by atoms with Crippen LogP contribution < -0.4 is 13.7 Å². The van der Waals surface area contributed by atoms with Crippen LogP contribution in [0.5, 0.6) is 0 Å². The maximum Gasteiger partial charge on any atom is 0.295 e. The first-order chi connectivity index (χ1) is 64.8. The minimum absolute atomic E-state index is 0. The predicted molar refractivity (Wildman–Crippen MR) is 541 cm³/mol. The van der Waals surface area contributed by atoms with Crippen LogP contribution in [-0.4, -0.2) is 39.4 Å². The molecule has 5 aliphatic rings. The third-order valence-electron chi connectivity index (χ3n) is 26.9. The molecule has 1 N–H and O–H groups in total. The van der Waals surface area contributed by atoms with Crippen LogP contribution in [0.2, 0.25) is 0 Å². The van der Waals surface area contributed by atoms with Gasteiger partial charge in [-0.3, -0.25) is 4.79 Å². The van der Waals surface area contributed by atoms with Crippen LogP contribution >= 0.6 is 0 Å². The number of pyridine rings is 4. The van der Waals surface area contributed by atoms with E-state index in [9.17, 15) is 4.79 Å². The maximum atomic E-state index is 10.0. The molecule has 0 bridgehead atoms. The van der Waals surface area contributed by atoms with Crippen molar-refractivity contribution in [1.29, 1.82) is 0 Å². The smallest absolute Gasteiger partial charge is 0.295 e. The average Bonchev–Trinajstić information content (AvgIpc) is 1.56. The summed E-state index contributed by atoms with van der Waals surface area (Å²) in [5.74, 6) is 2.48. The summed E-state index contributed by atoms with van der Waals surface area (Å²) < 4.78 is 14.4. The number of carbonyl (C=O) groups excluding carboxylic acids is 1. The molecule has 0 spiro atoms. The number of aryl methyl sites for hydroxylation is 4. The van der Waals surface area contributed by atoms with Crippen molar-refractivity contribution >= 4 is 87.2 Å². The summed E-state index contributed by atoms with van der Waals surface area (Å²) in [6, 6.07) is 128. The number of para-hydroxylation sites is 2. The fourth-order valence-electron chi connectivity index (χ4n) is 20.8. The van der Waals surface area contributed by atoms with Gasteiger partial charge in [0.2, 0.25) is 0 Å². The molecule has 2 aliphatic carbocycles. The number of hydrogen-bond acceptors (Lipinski definition) is 5. The molecule has 662 valence electrons. The van der Waals surface area contributed by atoms with E-state index in [0.29, 0.717) is 0 Å². The Balaban J connectivity index is 0.000000103. The van der Waals surface area contributed by atoms with Gasteiger partial charge in [-0.05, 0) is 190 Å². The molecular weight excluding hydrogens is 2010 g/mol. The quantitative estimate of drug-likeness (QED) is 0.0608. The minimum atomic E-state index is -0.125. The normalized spacial score (nSPS) is 12.8. The standard InChI is InChI=1S/C25H21N2.C24H17N2.C20H15N2.2C18H14N.C12H10N.C5H8O2.2Ir/c1-15-10-11-21-20(12-15)19-9-5-8-18-13-26-14-22(27(21)25(26)24(18)19)23-16(2)6-4-7-17(23)3;1-3-11-19-17(8-1)10-7-15-21(19)26-23-14-6-5-13-22(23)25-16-18-9-2-4-12-20(18)24(25)26;1-3-9-17-15(6-1)8-5-11-19(17)22-13-12-21-14-16-7-2-4-10-18(16)20(21)22;2*1-18(2)14-8-4-3-7-13(14)17-16-12(10-11-19-17)6-5-9-15(16)18;1-10-7-8-12(13-9-10)11-5-3-2-4-6-11;1-4(6)3-5(2)7;;/h4-12,14H,13H2,1-3H3;1-15H,16H2;1-13H,14H2;2*3-6,8-11H,1-2H3;2-5,7-9H,1H3;3,6H,1-2H3;;/q3*+1;3*-1;;;. The number of rotatable bonds is 5. The van der Waals surface area contributed by atoms with Crippen molar-refractivity contribution in [2.45, 2.75) is 99.7 Å². The van der Waals surface area contributed by atoms with Crippen molar-refractivity contribution in [2.24, 2.45) is 0 Å². The Morgan fingerprint density at radius 2 is 0.956 bits per heavy atom. The van der Waals surface area contributed by atoms with Crippen LogP contribution in [0, 0.1) is 45.9 Å². The van der Waals surface area contributed by atoms with Crippen molar-refractivity contribution in [1.82, 2.24) is 28.5 Å². The summed E-state index contributed by atoms with van der Waals surface area (Å²) in [6.07, 6.45) is 13.5. The van der Waals surface area contributed by atoms with Crippen molar-refractivity contribution in [3.8, 4) is 79.2 Å². The number of nitrogens with zero attached hydrogens (tertiary/aromatic N) is 9. The number of hydrogen-bond donors (Lipinski definition) is 1. The molecule has 27 rings (SSSR count). The minimum Gasteiger partial charge on any atom is -0.512 e. The Hall–Kier alpha value is -14.8. The topological polar surface area (TPSA) is 102 Å². The van der Waals surface area contributed by atoms with E-state index in [-0.39, 0.29) is 62.6 Å². The van der Waals surface area contributed by atoms with Gasteiger partial charge in [0, 0.05) is 109 Å². The van der Waals surface area contributed by atoms with E-state index in [0.717, 1.165) is 53.4 Å². The fourth-order valence-corrected chi connectivity index (χ4v) is 20.8. The third-order valence-corrected chi connectivity index (χ3v) is 26.9. The van der Waals surface area contributed by atoms with Gasteiger partial charge in [-0.15, -0.1) is 107 Å². The molecule has 15 aromatic carbocycles. The number of fused-ring (bicyclic) bond motifs is 17. The van der Waals surface area contributed by atoms with E-state index in [2.05, 4.69) is 419 Å². The molecule has 10 heterocycles. The number of allylic oxidation sites excluding steroid dienone is 2. The van der Waals surface area contributed by atoms with E-state index >= 15 is 0 Å². The van der Waals surface area contributed by atoms with E-state index in [1.807, 2.05) is 68.0 Å². The molecule has 0 unspecified atom stereocenters. The summed E-state index contributed by atoms with van der Waals surface area (Å²) >= 11 is 0. The second-order valence-electron chi connectivity index (χ2n) is 36.3. The summed E-state index contributed by atoms with van der Waals surface area (Å²) in [6.45, 7) is 23.5. The van der Waals surface area contributed by atoms with Crippen molar-refractivity contribution in [3.63, 3.8) is 0 Å². The first kappa shape index (κ1) is 89.4. The largest absolute Gasteiger partial charge is 0.512 e. The van der Waals surface area contributed by atoms with Gasteiger partial charge in [-0.1, -0.05) is 246 Å². The first-order valence-electron chi connectivity index (χ1n) is 45.6. The van der Waals surface area contributed by atoms with Gasteiger partial charge in [0.25, 0.3) is 17.3 Å². The van der Waals surface area contributed by atoms with Crippen molar-refractivity contribution < 1.29 is 63.8 Å². The zero-order valence-corrected chi connectivity index (χ0v) is 81.8. The molecule has 0 atom stereocenters. The summed E-state index contributed by atoms with van der Waals surface area (Å²) in [7, 11) is 0. The van der Waals surface area contributed by atoms with Crippen molar-refractivity contribution in [3.05, 3.63) is 462 Å². The van der Waals surface area contributed by atoms with Crippen LogP contribution in [0.25, 0.3) is 161 Å². The summed E-state index contributed by atoms with van der Waals surface area (Å²) in [5.41, 5.74) is 34.1. The van der Waals surface area contributed by atoms with Crippen LogP contribution in [-0.2, 0) is 75.5 Å². The number of carbonyl (C=O) groups is 1. The Kier molecular flexibility index (Phi) is 24.5. The number of aliphatic hydroxyl groups excluding tert-OH is 1. The molecule has 7 aromatic heterocycles. The fraction of sp³-hybridized carbons (Fsp3) is 0.123. The number of aliphatic hydroxyl groups is 1. The monoisotopic (exact) mass is 2110 g/mol. The molecule has 3 aliphatic heterocycles. The summed E-state index contributed by atoms with van der Waals surface area (Å²) in [5, 5.41) is 22.7. The van der Waals surface area contributed by atoms with Crippen molar-refractivity contribution in [2.75, 3.05) is 0 Å². The first-order valence-corrected chi connectivity index (χ1v) is 45.6. The van der Waals surface area contributed by atoms with Gasteiger partial charge in [0.1, 0.15) is 55.1 Å². The zero-order valence-electron chi connectivity index (χ0n) is 77.0. The molecule has 22 aromatic rings.